The first-order valence-corrected chi connectivity index (χ1v) is 6.85. The Morgan fingerprint density at radius 2 is 2.00 bits per heavy atom. The molecule has 1 fully saturated rings. The molecule has 0 aromatic heterocycles. The summed E-state index contributed by atoms with van der Waals surface area (Å²) < 4.78 is 5.11. The summed E-state index contributed by atoms with van der Waals surface area (Å²) in [4.78, 5) is 14.7. The number of carbonyl (C=O) groups excluding carboxylic acids is 1. The van der Waals surface area contributed by atoms with Crippen LogP contribution in [0.5, 0.6) is 5.75 Å². The Hall–Kier alpha value is -1.55. The van der Waals surface area contributed by atoms with Crippen molar-refractivity contribution in [3.05, 3.63) is 23.8 Å². The third-order valence-electron chi connectivity index (χ3n) is 3.83. The van der Waals surface area contributed by atoms with Gasteiger partial charge in [-0.3, -0.25) is 9.69 Å². The Morgan fingerprint density at radius 3 is 2.58 bits per heavy atom. The fraction of sp³-hybridized carbons (Fsp3) is 0.533. The number of hydrogen-bond acceptors (Lipinski definition) is 4. The van der Waals surface area contributed by atoms with E-state index in [0.29, 0.717) is 17.0 Å². The Balaban J connectivity index is 2.12. The van der Waals surface area contributed by atoms with Crippen molar-refractivity contribution in [2.75, 3.05) is 25.9 Å². The average molecular weight is 262 g/mol. The van der Waals surface area contributed by atoms with Crippen LogP contribution in [0.3, 0.4) is 0 Å². The fourth-order valence-electron chi connectivity index (χ4n) is 2.60. The standard InChI is InChI=1S/C15H22N2O2/c1-11(17-8-4-3-5-9-17)15(18)12-6-7-14(19-2)13(16)10-12/h6-7,10-11H,3-5,8-9,16H2,1-2H3. The summed E-state index contributed by atoms with van der Waals surface area (Å²) in [5.41, 5.74) is 7.03. The number of carbonyl (C=O) groups is 1. The van der Waals surface area contributed by atoms with E-state index in [1.165, 1.54) is 19.3 Å². The van der Waals surface area contributed by atoms with Crippen LogP contribution in [0.15, 0.2) is 18.2 Å². The number of nitrogens with zero attached hydrogens (tertiary/aromatic N) is 1. The summed E-state index contributed by atoms with van der Waals surface area (Å²) in [6, 6.07) is 5.18. The van der Waals surface area contributed by atoms with Gasteiger partial charge >= 0.3 is 0 Å². The molecular formula is C15H22N2O2. The molecule has 4 heteroatoms. The van der Waals surface area contributed by atoms with E-state index in [9.17, 15) is 4.79 Å². The van der Waals surface area contributed by atoms with Crippen molar-refractivity contribution >= 4 is 11.5 Å². The number of hydrogen-bond donors (Lipinski definition) is 1. The number of nitrogens with two attached hydrogens (primary N) is 1. The van der Waals surface area contributed by atoms with Crippen molar-refractivity contribution in [1.29, 1.82) is 0 Å². The summed E-state index contributed by atoms with van der Waals surface area (Å²) in [6.07, 6.45) is 3.64. The van der Waals surface area contributed by atoms with Crippen LogP contribution in [0.25, 0.3) is 0 Å². The van der Waals surface area contributed by atoms with Crippen molar-refractivity contribution in [1.82, 2.24) is 4.90 Å². The van der Waals surface area contributed by atoms with E-state index >= 15 is 0 Å². The Kier molecular flexibility index (Phi) is 4.43. The molecule has 1 aliphatic rings. The third kappa shape index (κ3) is 3.07. The van der Waals surface area contributed by atoms with Gasteiger partial charge < -0.3 is 10.5 Å². The lowest BCUT2D eigenvalue weighted by atomic mass is 10.0. The number of anilines is 1. The van der Waals surface area contributed by atoms with Gasteiger partial charge in [0.25, 0.3) is 0 Å². The molecule has 2 N–H and O–H groups in total. The highest BCUT2D eigenvalue weighted by Crippen LogP contribution is 2.23. The van der Waals surface area contributed by atoms with E-state index in [1.807, 2.05) is 6.92 Å². The van der Waals surface area contributed by atoms with Gasteiger partial charge in [-0.25, -0.2) is 0 Å². The second-order valence-corrected chi connectivity index (χ2v) is 5.09. The number of benzene rings is 1. The minimum Gasteiger partial charge on any atom is -0.495 e. The molecule has 1 heterocycles. The molecule has 0 spiro atoms. The summed E-state index contributed by atoms with van der Waals surface area (Å²) >= 11 is 0. The van der Waals surface area contributed by atoms with Crippen molar-refractivity contribution < 1.29 is 9.53 Å². The molecule has 1 saturated heterocycles. The molecule has 0 bridgehead atoms. The highest BCUT2D eigenvalue weighted by atomic mass is 16.5. The summed E-state index contributed by atoms with van der Waals surface area (Å²) in [7, 11) is 1.57. The van der Waals surface area contributed by atoms with Crippen LogP contribution in [0.4, 0.5) is 5.69 Å². The monoisotopic (exact) mass is 262 g/mol. The van der Waals surface area contributed by atoms with Crippen molar-refractivity contribution in [2.24, 2.45) is 0 Å². The minimum absolute atomic E-state index is 0.0758. The number of likely N-dealkylation sites (tertiary alicyclic amines) is 1. The van der Waals surface area contributed by atoms with Gasteiger partial charge in [-0.15, -0.1) is 0 Å². The lowest BCUT2D eigenvalue weighted by molar-refractivity contribution is 0.0809. The maximum Gasteiger partial charge on any atom is 0.179 e. The van der Waals surface area contributed by atoms with Crippen LogP contribution >= 0.6 is 0 Å². The van der Waals surface area contributed by atoms with Crippen LogP contribution in [0.2, 0.25) is 0 Å². The molecule has 4 nitrogen and oxygen atoms in total. The van der Waals surface area contributed by atoms with E-state index < -0.39 is 0 Å². The highest BCUT2D eigenvalue weighted by molar-refractivity contribution is 6.00. The van der Waals surface area contributed by atoms with E-state index in [-0.39, 0.29) is 11.8 Å². The molecule has 1 aromatic carbocycles. The molecular weight excluding hydrogens is 240 g/mol. The van der Waals surface area contributed by atoms with Crippen molar-refractivity contribution in [3.8, 4) is 5.75 Å². The van der Waals surface area contributed by atoms with Crippen molar-refractivity contribution in [2.45, 2.75) is 32.2 Å². The Bertz CT molecular complexity index is 453. The number of methoxy groups -OCH3 is 1. The number of ether oxygens (including phenoxy) is 1. The highest BCUT2D eigenvalue weighted by Gasteiger charge is 2.24. The number of nitrogen functional groups attached to an aromatic ring is 1. The largest absolute Gasteiger partial charge is 0.495 e. The predicted molar refractivity (Wildman–Crippen MR) is 76.6 cm³/mol. The molecule has 1 aromatic rings. The minimum atomic E-state index is -0.0758. The average Bonchev–Trinajstić information content (AvgIpc) is 2.46. The van der Waals surface area contributed by atoms with Gasteiger partial charge in [-0.1, -0.05) is 6.42 Å². The van der Waals surface area contributed by atoms with Gasteiger partial charge in [-0.05, 0) is 51.1 Å². The van der Waals surface area contributed by atoms with Gasteiger partial charge in [-0.2, -0.15) is 0 Å². The van der Waals surface area contributed by atoms with E-state index in [2.05, 4.69) is 4.90 Å². The normalized spacial score (nSPS) is 18.0. The Labute approximate surface area is 114 Å². The number of piperidine rings is 1. The first-order chi connectivity index (χ1) is 9.13. The number of ketones is 1. The van der Waals surface area contributed by atoms with Crippen LogP contribution in [0, 0.1) is 0 Å². The smallest absolute Gasteiger partial charge is 0.179 e. The zero-order valence-electron chi connectivity index (χ0n) is 11.7. The SMILES string of the molecule is COc1ccc(C(=O)C(C)N2CCCCC2)cc1N. The van der Waals surface area contributed by atoms with Crippen LogP contribution in [-0.4, -0.2) is 36.9 Å². The van der Waals surface area contributed by atoms with Crippen LogP contribution in [0.1, 0.15) is 36.5 Å². The first-order valence-electron chi connectivity index (χ1n) is 6.85. The van der Waals surface area contributed by atoms with Gasteiger partial charge in [0, 0.05) is 5.56 Å². The van der Waals surface area contributed by atoms with Crippen molar-refractivity contribution in [3.63, 3.8) is 0 Å². The molecule has 1 aliphatic heterocycles. The molecule has 0 saturated carbocycles. The van der Waals surface area contributed by atoms with Gasteiger partial charge in [0.05, 0.1) is 18.8 Å². The molecule has 0 radical (unpaired) electrons. The topological polar surface area (TPSA) is 55.6 Å². The second kappa shape index (κ2) is 6.06. The Morgan fingerprint density at radius 1 is 1.32 bits per heavy atom. The molecule has 19 heavy (non-hydrogen) atoms. The zero-order valence-corrected chi connectivity index (χ0v) is 11.7. The summed E-state index contributed by atoms with van der Waals surface area (Å²) in [5, 5.41) is 0. The number of Topliss-reactive ketones (excluding diaryl/α,β-unsaturated/α-hetero) is 1. The second-order valence-electron chi connectivity index (χ2n) is 5.09. The van der Waals surface area contributed by atoms with E-state index in [1.54, 1.807) is 25.3 Å². The molecule has 0 aliphatic carbocycles. The van der Waals surface area contributed by atoms with Gasteiger partial charge in [0.1, 0.15) is 5.75 Å². The zero-order chi connectivity index (χ0) is 13.8. The third-order valence-corrected chi connectivity index (χ3v) is 3.83. The predicted octanol–water partition coefficient (Wildman–Crippen LogP) is 2.33. The first kappa shape index (κ1) is 13.9. The number of rotatable bonds is 4. The molecule has 1 unspecified atom stereocenters. The van der Waals surface area contributed by atoms with Crippen LogP contribution in [-0.2, 0) is 0 Å². The maximum atomic E-state index is 12.5. The molecule has 1 atom stereocenters. The summed E-state index contributed by atoms with van der Waals surface area (Å²) in [6.45, 7) is 4.01. The van der Waals surface area contributed by atoms with Gasteiger partial charge in [0.15, 0.2) is 5.78 Å². The van der Waals surface area contributed by atoms with E-state index in [0.717, 1.165) is 13.1 Å². The molecule has 104 valence electrons. The fourth-order valence-corrected chi connectivity index (χ4v) is 2.60. The van der Waals surface area contributed by atoms with Crippen LogP contribution < -0.4 is 10.5 Å². The quantitative estimate of drug-likeness (QED) is 0.668. The summed E-state index contributed by atoms with van der Waals surface area (Å²) in [5.74, 6) is 0.749. The lowest BCUT2D eigenvalue weighted by Crippen LogP contribution is -2.42. The molecule has 0 amide bonds. The van der Waals surface area contributed by atoms with E-state index in [4.69, 9.17) is 10.5 Å². The maximum absolute atomic E-state index is 12.5. The lowest BCUT2D eigenvalue weighted by Gasteiger charge is -2.31. The molecule has 2 rings (SSSR count). The van der Waals surface area contributed by atoms with Gasteiger partial charge in [0.2, 0.25) is 0 Å².